The van der Waals surface area contributed by atoms with Gasteiger partial charge in [-0.3, -0.25) is 0 Å². The van der Waals surface area contributed by atoms with Gasteiger partial charge in [0.2, 0.25) is 0 Å². The molecule has 0 bridgehead atoms. The number of carbonyl (C=O) groups is 1. The summed E-state index contributed by atoms with van der Waals surface area (Å²) in [5.41, 5.74) is 1.23. The molecule has 1 aromatic carbocycles. The van der Waals surface area contributed by atoms with Crippen LogP contribution < -0.4 is 0 Å². The van der Waals surface area contributed by atoms with Gasteiger partial charge in [-0.05, 0) is 34.1 Å². The minimum atomic E-state index is -0.574. The number of carbonyl (C=O) groups excluding carboxylic acids is 1. The fourth-order valence-corrected chi connectivity index (χ4v) is 2.34. The zero-order valence-corrected chi connectivity index (χ0v) is 12.5. The van der Waals surface area contributed by atoms with Crippen molar-refractivity contribution in [3.63, 3.8) is 0 Å². The molecule has 0 aliphatic carbocycles. The molecule has 0 N–H and O–H groups in total. The maximum absolute atomic E-state index is 13.9. The molecule has 2 aromatic heterocycles. The highest BCUT2D eigenvalue weighted by Gasteiger charge is 2.18. The highest BCUT2D eigenvalue weighted by atomic mass is 79.9. The fraction of sp³-hybridized carbons (Fsp3) is 0.0714. The Morgan fingerprint density at radius 2 is 2.14 bits per heavy atom. The zero-order chi connectivity index (χ0) is 15.0. The standard InChI is InChI=1S/C14H9BrFN3O2/c1-21-14(20)12-6-11(8-4-2-3-5-10(8)16)18-13-9(15)7-17-19(12)13/h2-7H,1H3. The van der Waals surface area contributed by atoms with Crippen LogP contribution in [-0.4, -0.2) is 27.7 Å². The molecule has 0 saturated carbocycles. The summed E-state index contributed by atoms with van der Waals surface area (Å²) in [4.78, 5) is 16.2. The summed E-state index contributed by atoms with van der Waals surface area (Å²) in [7, 11) is 1.27. The Hall–Kier alpha value is -2.28. The number of nitrogens with zero attached hydrogens (tertiary/aromatic N) is 3. The van der Waals surface area contributed by atoms with Crippen LogP contribution in [-0.2, 0) is 4.74 Å². The van der Waals surface area contributed by atoms with Crippen LogP contribution in [0.3, 0.4) is 0 Å². The number of aromatic nitrogens is 3. The van der Waals surface area contributed by atoms with E-state index in [0.717, 1.165) is 0 Å². The summed E-state index contributed by atoms with van der Waals surface area (Å²) in [6, 6.07) is 7.68. The molecule has 0 amide bonds. The van der Waals surface area contributed by atoms with Crippen molar-refractivity contribution >= 4 is 27.5 Å². The predicted molar refractivity (Wildman–Crippen MR) is 77.4 cm³/mol. The van der Waals surface area contributed by atoms with Crippen molar-refractivity contribution in [2.45, 2.75) is 0 Å². The summed E-state index contributed by atoms with van der Waals surface area (Å²) in [6.07, 6.45) is 1.51. The average Bonchev–Trinajstić information content (AvgIpc) is 2.87. The van der Waals surface area contributed by atoms with Crippen molar-refractivity contribution < 1.29 is 13.9 Å². The van der Waals surface area contributed by atoms with E-state index in [2.05, 4.69) is 26.0 Å². The quantitative estimate of drug-likeness (QED) is 0.667. The third kappa shape index (κ3) is 2.29. The Labute approximate surface area is 127 Å². The Bertz CT molecular complexity index is 847. The number of methoxy groups -OCH3 is 1. The van der Waals surface area contributed by atoms with Crippen LogP contribution in [0.2, 0.25) is 0 Å². The summed E-state index contributed by atoms with van der Waals surface area (Å²) >= 11 is 3.31. The molecule has 0 saturated heterocycles. The van der Waals surface area contributed by atoms with Crippen LogP contribution >= 0.6 is 15.9 Å². The summed E-state index contributed by atoms with van der Waals surface area (Å²) in [5, 5.41) is 4.06. The number of rotatable bonds is 2. The van der Waals surface area contributed by atoms with Crippen LogP contribution in [0.4, 0.5) is 4.39 Å². The molecule has 7 heteroatoms. The summed E-state index contributed by atoms with van der Waals surface area (Å²) in [6.45, 7) is 0. The Morgan fingerprint density at radius 1 is 1.38 bits per heavy atom. The lowest BCUT2D eigenvalue weighted by atomic mass is 10.1. The van der Waals surface area contributed by atoms with Crippen molar-refractivity contribution in [3.05, 3.63) is 52.5 Å². The normalized spacial score (nSPS) is 10.8. The minimum absolute atomic E-state index is 0.173. The van der Waals surface area contributed by atoms with Crippen LogP contribution in [0.5, 0.6) is 0 Å². The van der Waals surface area contributed by atoms with E-state index in [-0.39, 0.29) is 5.69 Å². The van der Waals surface area contributed by atoms with Gasteiger partial charge in [0.1, 0.15) is 5.82 Å². The molecule has 0 radical (unpaired) electrons. The molecule has 0 atom stereocenters. The monoisotopic (exact) mass is 349 g/mol. The predicted octanol–water partition coefficient (Wildman–Crippen LogP) is 3.08. The summed E-state index contributed by atoms with van der Waals surface area (Å²) < 4.78 is 20.6. The van der Waals surface area contributed by atoms with Gasteiger partial charge < -0.3 is 4.74 Å². The number of ether oxygens (including phenoxy) is 1. The second kappa shape index (κ2) is 5.25. The Balaban J connectivity index is 2.32. The molecule has 3 aromatic rings. The lowest BCUT2D eigenvalue weighted by molar-refractivity contribution is 0.0590. The average molecular weight is 350 g/mol. The van der Waals surface area contributed by atoms with Gasteiger partial charge in [-0.2, -0.15) is 5.10 Å². The number of halogens is 2. The highest BCUT2D eigenvalue weighted by Crippen LogP contribution is 2.25. The molecule has 106 valence electrons. The van der Waals surface area contributed by atoms with Gasteiger partial charge in [0, 0.05) is 5.56 Å². The maximum atomic E-state index is 13.9. The van der Waals surface area contributed by atoms with E-state index in [4.69, 9.17) is 4.74 Å². The van der Waals surface area contributed by atoms with Crippen molar-refractivity contribution in [3.8, 4) is 11.3 Å². The van der Waals surface area contributed by atoms with E-state index in [1.54, 1.807) is 18.2 Å². The molecule has 0 aliphatic heterocycles. The smallest absolute Gasteiger partial charge is 0.356 e. The molecule has 2 heterocycles. The summed E-state index contributed by atoms with van der Waals surface area (Å²) in [5.74, 6) is -0.989. The SMILES string of the molecule is COC(=O)c1cc(-c2ccccc2F)nc2c(Br)cnn12. The molecule has 5 nitrogen and oxygen atoms in total. The number of hydrogen-bond acceptors (Lipinski definition) is 4. The van der Waals surface area contributed by atoms with E-state index in [9.17, 15) is 9.18 Å². The van der Waals surface area contributed by atoms with Crippen molar-refractivity contribution in [1.29, 1.82) is 0 Å². The Kier molecular flexibility index (Phi) is 3.42. The van der Waals surface area contributed by atoms with Gasteiger partial charge in [-0.15, -0.1) is 0 Å². The van der Waals surface area contributed by atoms with Crippen LogP contribution in [0.15, 0.2) is 41.0 Å². The number of benzene rings is 1. The molecule has 0 aliphatic rings. The van der Waals surface area contributed by atoms with E-state index in [0.29, 0.717) is 21.4 Å². The molecule has 21 heavy (non-hydrogen) atoms. The second-order valence-electron chi connectivity index (χ2n) is 4.23. The third-order valence-corrected chi connectivity index (χ3v) is 3.53. The van der Waals surface area contributed by atoms with E-state index in [1.165, 1.54) is 30.0 Å². The van der Waals surface area contributed by atoms with Gasteiger partial charge in [0.25, 0.3) is 0 Å². The molecule has 0 unspecified atom stereocenters. The maximum Gasteiger partial charge on any atom is 0.356 e. The first-order valence-corrected chi connectivity index (χ1v) is 6.78. The van der Waals surface area contributed by atoms with E-state index >= 15 is 0 Å². The highest BCUT2D eigenvalue weighted by molar-refractivity contribution is 9.10. The third-order valence-electron chi connectivity index (χ3n) is 2.97. The topological polar surface area (TPSA) is 56.5 Å². The fourth-order valence-electron chi connectivity index (χ4n) is 1.99. The van der Waals surface area contributed by atoms with Crippen molar-refractivity contribution in [2.75, 3.05) is 7.11 Å². The van der Waals surface area contributed by atoms with Crippen molar-refractivity contribution in [2.24, 2.45) is 0 Å². The van der Waals surface area contributed by atoms with Crippen molar-refractivity contribution in [1.82, 2.24) is 14.6 Å². The molecule has 3 rings (SSSR count). The van der Waals surface area contributed by atoms with Gasteiger partial charge in [-0.1, -0.05) is 12.1 Å². The minimum Gasteiger partial charge on any atom is -0.464 e. The molecule has 0 spiro atoms. The zero-order valence-electron chi connectivity index (χ0n) is 10.9. The van der Waals surface area contributed by atoms with Gasteiger partial charge in [0.05, 0.1) is 23.5 Å². The second-order valence-corrected chi connectivity index (χ2v) is 5.08. The molecule has 0 fully saturated rings. The Morgan fingerprint density at radius 3 is 2.86 bits per heavy atom. The first-order valence-electron chi connectivity index (χ1n) is 5.99. The van der Waals surface area contributed by atoms with E-state index in [1.807, 2.05) is 0 Å². The van der Waals surface area contributed by atoms with E-state index < -0.39 is 11.8 Å². The lowest BCUT2D eigenvalue weighted by Crippen LogP contribution is -2.10. The first-order chi connectivity index (χ1) is 10.1. The largest absolute Gasteiger partial charge is 0.464 e. The van der Waals surface area contributed by atoms with Gasteiger partial charge in [0.15, 0.2) is 11.3 Å². The van der Waals surface area contributed by atoms with Gasteiger partial charge in [-0.25, -0.2) is 18.7 Å². The first kappa shape index (κ1) is 13.7. The molecular weight excluding hydrogens is 341 g/mol. The van der Waals surface area contributed by atoms with Crippen LogP contribution in [0.1, 0.15) is 10.5 Å². The van der Waals surface area contributed by atoms with Crippen LogP contribution in [0.25, 0.3) is 16.9 Å². The number of fused-ring (bicyclic) bond motifs is 1. The van der Waals surface area contributed by atoms with Gasteiger partial charge >= 0.3 is 5.97 Å². The number of hydrogen-bond donors (Lipinski definition) is 0. The molecular formula is C14H9BrFN3O2. The van der Waals surface area contributed by atoms with Crippen LogP contribution in [0, 0.1) is 5.82 Å². The number of esters is 1. The lowest BCUT2D eigenvalue weighted by Gasteiger charge is -2.07.